The second-order valence-corrected chi connectivity index (χ2v) is 5.53. The van der Waals surface area contributed by atoms with Crippen molar-refractivity contribution < 1.29 is 14.7 Å². The molecule has 6 nitrogen and oxygen atoms in total. The number of amides is 1. The molecule has 0 atom stereocenters. The van der Waals surface area contributed by atoms with Crippen LogP contribution in [-0.4, -0.2) is 17.0 Å². The highest BCUT2D eigenvalue weighted by Gasteiger charge is 2.10. The SMILES string of the molecule is Cc1ccc(NC(=O)/C(C#N)=C\Nc2cccc(C(=O)O)c2)cc1Cl. The van der Waals surface area contributed by atoms with Crippen LogP contribution in [0.2, 0.25) is 5.02 Å². The van der Waals surface area contributed by atoms with Crippen molar-refractivity contribution >= 4 is 34.9 Å². The van der Waals surface area contributed by atoms with Crippen LogP contribution >= 0.6 is 11.6 Å². The van der Waals surface area contributed by atoms with E-state index in [1.54, 1.807) is 36.4 Å². The second-order valence-electron chi connectivity index (χ2n) is 5.12. The summed E-state index contributed by atoms with van der Waals surface area (Å²) >= 11 is 6.00. The van der Waals surface area contributed by atoms with Crippen molar-refractivity contribution in [1.29, 1.82) is 5.26 Å². The molecule has 0 aliphatic heterocycles. The summed E-state index contributed by atoms with van der Waals surface area (Å²) in [5.74, 6) is -1.67. The molecular weight excluding hydrogens is 342 g/mol. The Labute approximate surface area is 149 Å². The normalized spacial score (nSPS) is 10.7. The molecule has 0 fully saturated rings. The maximum Gasteiger partial charge on any atom is 0.335 e. The Balaban J connectivity index is 2.12. The molecule has 2 aromatic carbocycles. The van der Waals surface area contributed by atoms with Crippen LogP contribution in [0.15, 0.2) is 54.2 Å². The molecule has 0 saturated heterocycles. The number of hydrogen-bond donors (Lipinski definition) is 3. The van der Waals surface area contributed by atoms with Gasteiger partial charge in [0, 0.05) is 22.6 Å². The van der Waals surface area contributed by atoms with E-state index >= 15 is 0 Å². The molecule has 25 heavy (non-hydrogen) atoms. The minimum atomic E-state index is -1.07. The minimum absolute atomic E-state index is 0.0932. The molecule has 2 aromatic rings. The van der Waals surface area contributed by atoms with Crippen LogP contribution in [-0.2, 0) is 4.79 Å². The van der Waals surface area contributed by atoms with Crippen LogP contribution in [0.4, 0.5) is 11.4 Å². The molecule has 0 unspecified atom stereocenters. The number of benzene rings is 2. The van der Waals surface area contributed by atoms with Crippen molar-refractivity contribution in [2.24, 2.45) is 0 Å². The summed E-state index contributed by atoms with van der Waals surface area (Å²) < 4.78 is 0. The number of halogens is 1. The summed E-state index contributed by atoms with van der Waals surface area (Å²) in [7, 11) is 0. The zero-order chi connectivity index (χ0) is 18.4. The Kier molecular flexibility index (Phi) is 5.77. The number of carboxylic acid groups (broad SMARTS) is 1. The lowest BCUT2D eigenvalue weighted by atomic mass is 10.2. The van der Waals surface area contributed by atoms with E-state index in [1.807, 2.05) is 6.92 Å². The van der Waals surface area contributed by atoms with Gasteiger partial charge in [-0.25, -0.2) is 4.79 Å². The number of carbonyl (C=O) groups is 2. The van der Waals surface area contributed by atoms with E-state index in [4.69, 9.17) is 22.0 Å². The number of carboxylic acids is 1. The van der Waals surface area contributed by atoms with Gasteiger partial charge in [-0.05, 0) is 42.8 Å². The molecule has 7 heteroatoms. The Bertz CT molecular complexity index is 901. The molecule has 0 aliphatic carbocycles. The molecule has 0 spiro atoms. The van der Waals surface area contributed by atoms with Crippen LogP contribution in [0.3, 0.4) is 0 Å². The lowest BCUT2D eigenvalue weighted by Gasteiger charge is -2.07. The first kappa shape index (κ1) is 18.0. The van der Waals surface area contributed by atoms with Crippen molar-refractivity contribution in [3.05, 3.63) is 70.4 Å². The number of anilines is 2. The maximum absolute atomic E-state index is 12.2. The highest BCUT2D eigenvalue weighted by atomic mass is 35.5. The molecule has 0 aromatic heterocycles. The molecule has 0 saturated carbocycles. The number of nitrogens with one attached hydrogen (secondary N) is 2. The fourth-order valence-corrected chi connectivity index (χ4v) is 2.10. The molecule has 0 aliphatic rings. The predicted molar refractivity (Wildman–Crippen MR) is 95.5 cm³/mol. The summed E-state index contributed by atoms with van der Waals surface area (Å²) in [5.41, 5.74) is 1.71. The van der Waals surface area contributed by atoms with Crippen molar-refractivity contribution in [1.82, 2.24) is 0 Å². The molecule has 126 valence electrons. The van der Waals surface area contributed by atoms with E-state index in [0.29, 0.717) is 16.4 Å². The summed E-state index contributed by atoms with van der Waals surface area (Å²) in [6, 6.07) is 12.8. The Morgan fingerprint density at radius 3 is 2.60 bits per heavy atom. The van der Waals surface area contributed by atoms with Gasteiger partial charge < -0.3 is 15.7 Å². The van der Waals surface area contributed by atoms with Crippen LogP contribution in [0.1, 0.15) is 15.9 Å². The Morgan fingerprint density at radius 2 is 1.96 bits per heavy atom. The quantitative estimate of drug-likeness (QED) is 0.559. The number of carbonyl (C=O) groups excluding carboxylic acids is 1. The summed E-state index contributed by atoms with van der Waals surface area (Å²) in [6.45, 7) is 1.84. The average molecular weight is 356 g/mol. The van der Waals surface area contributed by atoms with Crippen molar-refractivity contribution in [3.8, 4) is 6.07 Å². The molecule has 3 N–H and O–H groups in total. The van der Waals surface area contributed by atoms with Crippen LogP contribution in [0, 0.1) is 18.3 Å². The third-order valence-electron chi connectivity index (χ3n) is 3.29. The molecular formula is C18H14ClN3O3. The van der Waals surface area contributed by atoms with E-state index in [1.165, 1.54) is 18.3 Å². The minimum Gasteiger partial charge on any atom is -0.478 e. The van der Waals surface area contributed by atoms with Gasteiger partial charge in [0.2, 0.25) is 0 Å². The van der Waals surface area contributed by atoms with Gasteiger partial charge >= 0.3 is 5.97 Å². The summed E-state index contributed by atoms with van der Waals surface area (Å²) in [6.07, 6.45) is 1.21. The van der Waals surface area contributed by atoms with E-state index < -0.39 is 11.9 Å². The number of nitrogens with zero attached hydrogens (tertiary/aromatic N) is 1. The van der Waals surface area contributed by atoms with E-state index in [0.717, 1.165) is 5.56 Å². The van der Waals surface area contributed by atoms with Gasteiger partial charge in [-0.15, -0.1) is 0 Å². The molecule has 2 rings (SSSR count). The third kappa shape index (κ3) is 4.83. The van der Waals surface area contributed by atoms with Crippen LogP contribution < -0.4 is 10.6 Å². The van der Waals surface area contributed by atoms with Crippen LogP contribution in [0.25, 0.3) is 0 Å². The second kappa shape index (κ2) is 7.99. The Morgan fingerprint density at radius 1 is 1.20 bits per heavy atom. The number of rotatable bonds is 5. The van der Waals surface area contributed by atoms with Gasteiger partial charge in [-0.3, -0.25) is 4.79 Å². The largest absolute Gasteiger partial charge is 0.478 e. The smallest absolute Gasteiger partial charge is 0.335 e. The highest BCUT2D eigenvalue weighted by molar-refractivity contribution is 6.31. The van der Waals surface area contributed by atoms with E-state index in [9.17, 15) is 9.59 Å². The molecule has 0 bridgehead atoms. The first-order valence-corrected chi connectivity index (χ1v) is 7.56. The third-order valence-corrected chi connectivity index (χ3v) is 3.69. The van der Waals surface area contributed by atoms with Gasteiger partial charge in [-0.1, -0.05) is 23.7 Å². The zero-order valence-electron chi connectivity index (χ0n) is 13.2. The number of nitriles is 1. The fourth-order valence-electron chi connectivity index (χ4n) is 1.92. The standard InChI is InChI=1S/C18H14ClN3O3/c1-11-5-6-15(8-16(11)19)22-17(23)13(9-20)10-21-14-4-2-3-12(7-14)18(24)25/h2-8,10,21H,1H3,(H,22,23)(H,24,25)/b13-10-. The van der Waals surface area contributed by atoms with Gasteiger partial charge in [-0.2, -0.15) is 5.26 Å². The van der Waals surface area contributed by atoms with Crippen molar-refractivity contribution in [3.63, 3.8) is 0 Å². The Hall–Kier alpha value is -3.30. The van der Waals surface area contributed by atoms with Gasteiger partial charge in [0.15, 0.2) is 0 Å². The van der Waals surface area contributed by atoms with Gasteiger partial charge in [0.05, 0.1) is 5.56 Å². The summed E-state index contributed by atoms with van der Waals surface area (Å²) in [5, 5.41) is 23.9. The van der Waals surface area contributed by atoms with Crippen LogP contribution in [0.5, 0.6) is 0 Å². The zero-order valence-corrected chi connectivity index (χ0v) is 14.0. The summed E-state index contributed by atoms with van der Waals surface area (Å²) in [4.78, 5) is 23.1. The topological polar surface area (TPSA) is 102 Å². The number of hydrogen-bond acceptors (Lipinski definition) is 4. The monoisotopic (exact) mass is 355 g/mol. The first-order chi connectivity index (χ1) is 11.9. The van der Waals surface area contributed by atoms with Gasteiger partial charge in [0.1, 0.15) is 11.6 Å². The average Bonchev–Trinajstić information content (AvgIpc) is 2.59. The fraction of sp³-hybridized carbons (Fsp3) is 0.0556. The maximum atomic E-state index is 12.2. The van der Waals surface area contributed by atoms with Crippen molar-refractivity contribution in [2.75, 3.05) is 10.6 Å². The predicted octanol–water partition coefficient (Wildman–Crippen LogP) is 3.80. The molecule has 0 radical (unpaired) electrons. The highest BCUT2D eigenvalue weighted by Crippen LogP contribution is 2.20. The van der Waals surface area contributed by atoms with Gasteiger partial charge in [0.25, 0.3) is 5.91 Å². The first-order valence-electron chi connectivity index (χ1n) is 7.18. The van der Waals surface area contributed by atoms with Crippen molar-refractivity contribution in [2.45, 2.75) is 6.92 Å². The number of aromatic carboxylic acids is 1. The van der Waals surface area contributed by atoms with E-state index in [-0.39, 0.29) is 11.1 Å². The molecule has 0 heterocycles. The number of aryl methyl sites for hydroxylation is 1. The van der Waals surface area contributed by atoms with E-state index in [2.05, 4.69) is 10.6 Å². The lowest BCUT2D eigenvalue weighted by molar-refractivity contribution is -0.112. The lowest BCUT2D eigenvalue weighted by Crippen LogP contribution is -2.14. The molecule has 1 amide bonds.